The van der Waals surface area contributed by atoms with Crippen LogP contribution in [0.25, 0.3) is 0 Å². The van der Waals surface area contributed by atoms with Crippen molar-refractivity contribution in [1.82, 2.24) is 14.9 Å². The Labute approximate surface area is 133 Å². The van der Waals surface area contributed by atoms with Crippen molar-refractivity contribution in [2.75, 3.05) is 7.11 Å². The van der Waals surface area contributed by atoms with Crippen molar-refractivity contribution in [3.05, 3.63) is 48.6 Å². The molecule has 0 radical (unpaired) electrons. The molecular formula is C12H11N5O5S. The van der Waals surface area contributed by atoms with E-state index in [0.29, 0.717) is 0 Å². The number of nitrogens with one attached hydrogen (secondary N) is 1. The van der Waals surface area contributed by atoms with Gasteiger partial charge in [0.05, 0.1) is 18.2 Å². The summed E-state index contributed by atoms with van der Waals surface area (Å²) >= 11 is 4.91. The van der Waals surface area contributed by atoms with Gasteiger partial charge in [-0.1, -0.05) is 0 Å². The van der Waals surface area contributed by atoms with Crippen LogP contribution in [0.15, 0.2) is 22.0 Å². The number of nitro groups is 1. The van der Waals surface area contributed by atoms with Crippen molar-refractivity contribution < 1.29 is 14.8 Å². The van der Waals surface area contributed by atoms with Gasteiger partial charge in [-0.2, -0.15) is 14.9 Å². The molecule has 0 aliphatic heterocycles. The number of nitro benzene ring substituents is 1. The van der Waals surface area contributed by atoms with Crippen molar-refractivity contribution >= 4 is 24.1 Å². The topological polar surface area (TPSA) is 136 Å². The van der Waals surface area contributed by atoms with Gasteiger partial charge in [-0.05, 0) is 25.2 Å². The van der Waals surface area contributed by atoms with E-state index in [1.54, 1.807) is 0 Å². The molecule has 0 aliphatic rings. The van der Waals surface area contributed by atoms with Crippen LogP contribution < -0.4 is 10.3 Å². The van der Waals surface area contributed by atoms with Gasteiger partial charge in [0, 0.05) is 11.6 Å². The summed E-state index contributed by atoms with van der Waals surface area (Å²) in [7, 11) is 1.26. The lowest BCUT2D eigenvalue weighted by atomic mass is 10.2. The van der Waals surface area contributed by atoms with E-state index in [9.17, 15) is 20.0 Å². The molecule has 23 heavy (non-hydrogen) atoms. The maximum atomic E-state index is 11.9. The second-order valence-corrected chi connectivity index (χ2v) is 4.71. The van der Waals surface area contributed by atoms with Crippen LogP contribution in [0, 0.1) is 21.8 Å². The molecule has 0 aliphatic carbocycles. The van der Waals surface area contributed by atoms with E-state index in [2.05, 4.69) is 15.3 Å². The van der Waals surface area contributed by atoms with Crippen molar-refractivity contribution in [3.63, 3.8) is 0 Å². The summed E-state index contributed by atoms with van der Waals surface area (Å²) in [5, 5.41) is 30.7. The summed E-state index contributed by atoms with van der Waals surface area (Å²) in [5.74, 6) is -0.687. The number of aryl methyl sites for hydroxylation is 1. The summed E-state index contributed by atoms with van der Waals surface area (Å²) in [6, 6.07) is 2.42. The number of hydrogen-bond donors (Lipinski definition) is 2. The fraction of sp³-hybridized carbons (Fsp3) is 0.167. The van der Waals surface area contributed by atoms with Gasteiger partial charge in [0.1, 0.15) is 5.69 Å². The number of rotatable bonds is 4. The van der Waals surface area contributed by atoms with Crippen molar-refractivity contribution in [1.29, 1.82) is 0 Å². The molecule has 0 saturated heterocycles. The lowest BCUT2D eigenvalue weighted by molar-refractivity contribution is -0.386. The Hall–Kier alpha value is -3.08. The van der Waals surface area contributed by atoms with Crippen LogP contribution in [0.1, 0.15) is 11.3 Å². The Morgan fingerprint density at radius 1 is 1.57 bits per heavy atom. The summed E-state index contributed by atoms with van der Waals surface area (Å²) in [6.07, 6.45) is 1.18. The highest BCUT2D eigenvalue weighted by atomic mass is 32.1. The van der Waals surface area contributed by atoms with E-state index in [1.807, 2.05) is 0 Å². The smallest absolute Gasteiger partial charge is 0.315 e. The quantitative estimate of drug-likeness (QED) is 0.369. The van der Waals surface area contributed by atoms with Gasteiger partial charge in [-0.25, -0.2) is 0 Å². The predicted octanol–water partition coefficient (Wildman–Crippen LogP) is 1.11. The van der Waals surface area contributed by atoms with E-state index < -0.39 is 21.9 Å². The maximum absolute atomic E-state index is 11.9. The molecule has 0 amide bonds. The third kappa shape index (κ3) is 3.23. The summed E-state index contributed by atoms with van der Waals surface area (Å²) in [5.41, 5.74) is -0.674. The van der Waals surface area contributed by atoms with E-state index in [1.165, 1.54) is 26.3 Å². The number of phenols is 1. The molecule has 0 atom stereocenters. The normalized spacial score (nSPS) is 10.9. The molecule has 0 saturated carbocycles. The Balaban J connectivity index is 2.55. The molecule has 2 aromatic rings. The van der Waals surface area contributed by atoms with Crippen LogP contribution in [0.3, 0.4) is 0 Å². The zero-order valence-corrected chi connectivity index (χ0v) is 12.8. The molecule has 2 rings (SSSR count). The molecule has 2 N–H and O–H groups in total. The van der Waals surface area contributed by atoms with Crippen molar-refractivity contribution in [3.8, 4) is 11.5 Å². The summed E-state index contributed by atoms with van der Waals surface area (Å²) in [6.45, 7) is 1.48. The van der Waals surface area contributed by atoms with Crippen LogP contribution in [0.5, 0.6) is 11.5 Å². The monoisotopic (exact) mass is 337 g/mol. The molecule has 1 aromatic carbocycles. The minimum Gasteiger partial charge on any atom is -0.500 e. The highest BCUT2D eigenvalue weighted by Crippen LogP contribution is 2.36. The number of nitrogens with zero attached hydrogens (tertiary/aromatic N) is 4. The van der Waals surface area contributed by atoms with Gasteiger partial charge in [0.2, 0.25) is 10.5 Å². The number of H-pyrrole nitrogens is 1. The lowest BCUT2D eigenvalue weighted by Gasteiger charge is -2.05. The Morgan fingerprint density at radius 2 is 2.26 bits per heavy atom. The first kappa shape index (κ1) is 16.3. The van der Waals surface area contributed by atoms with Crippen molar-refractivity contribution in [2.45, 2.75) is 6.92 Å². The van der Waals surface area contributed by atoms with Crippen LogP contribution in [0.2, 0.25) is 0 Å². The van der Waals surface area contributed by atoms with E-state index in [0.717, 1.165) is 10.7 Å². The first-order chi connectivity index (χ1) is 10.8. The molecule has 0 unspecified atom stereocenters. The lowest BCUT2D eigenvalue weighted by Crippen LogP contribution is -2.22. The summed E-state index contributed by atoms with van der Waals surface area (Å²) < 4.78 is 5.73. The molecule has 1 heterocycles. The number of hydrogen-bond acceptors (Lipinski definition) is 8. The molecule has 0 bridgehead atoms. The molecule has 10 nitrogen and oxygen atoms in total. The zero-order chi connectivity index (χ0) is 17.1. The molecule has 0 fully saturated rings. The van der Waals surface area contributed by atoms with Crippen LogP contribution in [-0.4, -0.2) is 38.2 Å². The van der Waals surface area contributed by atoms with E-state index in [4.69, 9.17) is 17.0 Å². The number of methoxy groups -OCH3 is 1. The third-order valence-electron chi connectivity index (χ3n) is 2.83. The largest absolute Gasteiger partial charge is 0.500 e. The molecule has 1 aromatic heterocycles. The molecular weight excluding hydrogens is 326 g/mol. The first-order valence-electron chi connectivity index (χ1n) is 6.13. The molecule has 11 heteroatoms. The average molecular weight is 337 g/mol. The summed E-state index contributed by atoms with van der Waals surface area (Å²) in [4.78, 5) is 22.1. The van der Waals surface area contributed by atoms with Crippen molar-refractivity contribution in [2.24, 2.45) is 5.10 Å². The van der Waals surface area contributed by atoms with Gasteiger partial charge < -0.3 is 9.84 Å². The zero-order valence-electron chi connectivity index (χ0n) is 12.0. The second kappa shape index (κ2) is 6.36. The number of benzene rings is 1. The predicted molar refractivity (Wildman–Crippen MR) is 82.7 cm³/mol. The fourth-order valence-corrected chi connectivity index (χ4v) is 1.86. The number of ether oxygens (including phenoxy) is 1. The Morgan fingerprint density at radius 3 is 2.87 bits per heavy atom. The SMILES string of the molecule is COc1cc(/C=N\n2c(=S)[nH]nc(C)c2=O)cc([N+](=O)[O-])c1O. The third-order valence-corrected chi connectivity index (χ3v) is 3.09. The highest BCUT2D eigenvalue weighted by Gasteiger charge is 2.19. The number of phenolic OH excluding ortho intramolecular Hbond substituents is 1. The number of aromatic amines is 1. The first-order valence-corrected chi connectivity index (χ1v) is 6.54. The number of aromatic hydroxyl groups is 1. The van der Waals surface area contributed by atoms with Crippen LogP contribution in [-0.2, 0) is 0 Å². The minimum atomic E-state index is -0.760. The van der Waals surface area contributed by atoms with Gasteiger partial charge in [0.15, 0.2) is 5.75 Å². The van der Waals surface area contributed by atoms with E-state index in [-0.39, 0.29) is 21.8 Å². The number of aromatic nitrogens is 3. The van der Waals surface area contributed by atoms with Gasteiger partial charge in [-0.15, -0.1) is 0 Å². The average Bonchev–Trinajstić information content (AvgIpc) is 2.52. The van der Waals surface area contributed by atoms with Gasteiger partial charge in [-0.3, -0.25) is 20.0 Å². The van der Waals surface area contributed by atoms with Crippen LogP contribution >= 0.6 is 12.2 Å². The van der Waals surface area contributed by atoms with Gasteiger partial charge in [0.25, 0.3) is 5.56 Å². The Bertz CT molecular complexity index is 917. The molecule has 0 spiro atoms. The fourth-order valence-electron chi connectivity index (χ4n) is 1.68. The molecule has 120 valence electrons. The highest BCUT2D eigenvalue weighted by molar-refractivity contribution is 7.71. The second-order valence-electron chi connectivity index (χ2n) is 4.32. The minimum absolute atomic E-state index is 0.0305. The standard InChI is InChI=1S/C12H11N5O5S/c1-6-11(19)16(12(23)15-14-6)13-5-7-3-8(17(20)21)10(18)9(4-7)22-2/h3-5,18H,1-2H3,(H,15,23)/b13-5-. The van der Waals surface area contributed by atoms with Gasteiger partial charge >= 0.3 is 5.69 Å². The van der Waals surface area contributed by atoms with Crippen LogP contribution in [0.4, 0.5) is 5.69 Å². The Kier molecular flexibility index (Phi) is 4.50. The van der Waals surface area contributed by atoms with E-state index >= 15 is 0 Å². The maximum Gasteiger partial charge on any atom is 0.315 e.